The Labute approximate surface area is 102 Å². The fourth-order valence-electron chi connectivity index (χ4n) is 1.50. The third-order valence-electron chi connectivity index (χ3n) is 2.84. The van der Waals surface area contributed by atoms with Crippen molar-refractivity contribution in [2.24, 2.45) is 11.7 Å². The molecule has 1 aromatic carbocycles. The summed E-state index contributed by atoms with van der Waals surface area (Å²) in [4.78, 5) is 13.4. The van der Waals surface area contributed by atoms with Crippen molar-refractivity contribution < 1.29 is 9.90 Å². The molecule has 1 aromatic rings. The molecule has 0 fully saturated rings. The molecule has 0 radical (unpaired) electrons. The minimum absolute atomic E-state index is 0.0379. The van der Waals surface area contributed by atoms with Gasteiger partial charge in [-0.3, -0.25) is 4.79 Å². The quantitative estimate of drug-likeness (QED) is 0.818. The van der Waals surface area contributed by atoms with Crippen LogP contribution in [0, 0.1) is 5.92 Å². The van der Waals surface area contributed by atoms with Crippen LogP contribution in [-0.2, 0) is 4.79 Å². The van der Waals surface area contributed by atoms with Crippen LogP contribution in [-0.4, -0.2) is 24.6 Å². The number of carbonyl (C=O) groups excluding carboxylic acids is 1. The van der Waals surface area contributed by atoms with Gasteiger partial charge >= 0.3 is 0 Å². The van der Waals surface area contributed by atoms with E-state index in [0.717, 1.165) is 6.42 Å². The molecule has 0 aromatic heterocycles. The lowest BCUT2D eigenvalue weighted by Crippen LogP contribution is -2.26. The number of aromatic hydroxyl groups is 1. The Bertz CT molecular complexity index is 379. The molecule has 0 saturated carbocycles. The SMILES string of the molecule is CC(CN)CCC(=O)N(C)c1cccc(O)c1. The topological polar surface area (TPSA) is 66.6 Å². The second kappa shape index (κ2) is 6.25. The molecule has 1 atom stereocenters. The van der Waals surface area contributed by atoms with Crippen molar-refractivity contribution in [3.05, 3.63) is 24.3 Å². The number of nitrogens with zero attached hydrogens (tertiary/aromatic N) is 1. The van der Waals surface area contributed by atoms with Gasteiger partial charge in [-0.1, -0.05) is 13.0 Å². The Balaban J connectivity index is 2.57. The van der Waals surface area contributed by atoms with E-state index in [1.54, 1.807) is 36.2 Å². The summed E-state index contributed by atoms with van der Waals surface area (Å²) in [5.74, 6) is 0.560. The Morgan fingerprint density at radius 3 is 2.82 bits per heavy atom. The zero-order valence-electron chi connectivity index (χ0n) is 10.4. The van der Waals surface area contributed by atoms with Crippen molar-refractivity contribution in [1.29, 1.82) is 0 Å². The first-order valence-electron chi connectivity index (χ1n) is 5.80. The highest BCUT2D eigenvalue weighted by Gasteiger charge is 2.12. The molecule has 4 heteroatoms. The second-order valence-electron chi connectivity index (χ2n) is 4.35. The Hall–Kier alpha value is -1.55. The normalized spacial score (nSPS) is 12.2. The second-order valence-corrected chi connectivity index (χ2v) is 4.35. The first kappa shape index (κ1) is 13.5. The van der Waals surface area contributed by atoms with Crippen LogP contribution in [0.2, 0.25) is 0 Å². The van der Waals surface area contributed by atoms with Gasteiger partial charge in [-0.2, -0.15) is 0 Å². The van der Waals surface area contributed by atoms with Gasteiger partial charge in [0.25, 0.3) is 0 Å². The summed E-state index contributed by atoms with van der Waals surface area (Å²) >= 11 is 0. The zero-order chi connectivity index (χ0) is 12.8. The molecular weight excluding hydrogens is 216 g/mol. The van der Waals surface area contributed by atoms with E-state index in [9.17, 15) is 9.90 Å². The van der Waals surface area contributed by atoms with Gasteiger partial charge in [-0.15, -0.1) is 0 Å². The first-order valence-corrected chi connectivity index (χ1v) is 5.80. The van der Waals surface area contributed by atoms with E-state index < -0.39 is 0 Å². The molecule has 3 N–H and O–H groups in total. The highest BCUT2D eigenvalue weighted by Crippen LogP contribution is 2.20. The number of rotatable bonds is 5. The largest absolute Gasteiger partial charge is 0.508 e. The van der Waals surface area contributed by atoms with Crippen molar-refractivity contribution in [1.82, 2.24) is 0 Å². The number of carbonyl (C=O) groups is 1. The summed E-state index contributed by atoms with van der Waals surface area (Å²) in [6.45, 7) is 2.63. The maximum absolute atomic E-state index is 11.9. The van der Waals surface area contributed by atoms with Crippen LogP contribution in [0.3, 0.4) is 0 Å². The third-order valence-corrected chi connectivity index (χ3v) is 2.84. The van der Waals surface area contributed by atoms with E-state index in [4.69, 9.17) is 5.73 Å². The number of anilines is 1. The van der Waals surface area contributed by atoms with Gasteiger partial charge in [0, 0.05) is 25.2 Å². The molecule has 1 amide bonds. The molecular formula is C13H20N2O2. The average molecular weight is 236 g/mol. The molecule has 94 valence electrons. The zero-order valence-corrected chi connectivity index (χ0v) is 10.4. The van der Waals surface area contributed by atoms with Crippen molar-refractivity contribution in [2.45, 2.75) is 19.8 Å². The molecule has 0 spiro atoms. The first-order chi connectivity index (χ1) is 8.04. The van der Waals surface area contributed by atoms with Crippen molar-refractivity contribution in [3.8, 4) is 5.75 Å². The highest BCUT2D eigenvalue weighted by atomic mass is 16.3. The molecule has 0 aliphatic rings. The predicted octanol–water partition coefficient (Wildman–Crippen LogP) is 1.73. The number of amides is 1. The Kier molecular flexibility index (Phi) is 4.97. The van der Waals surface area contributed by atoms with E-state index in [1.165, 1.54) is 0 Å². The number of hydrogen-bond donors (Lipinski definition) is 2. The molecule has 0 heterocycles. The summed E-state index contributed by atoms with van der Waals surface area (Å²) < 4.78 is 0. The van der Waals surface area contributed by atoms with E-state index in [2.05, 4.69) is 0 Å². The summed E-state index contributed by atoms with van der Waals surface area (Å²) in [5, 5.41) is 9.35. The number of nitrogens with two attached hydrogens (primary N) is 1. The molecule has 1 rings (SSSR count). The summed E-state index contributed by atoms with van der Waals surface area (Å²) in [5.41, 5.74) is 6.21. The number of hydrogen-bond acceptors (Lipinski definition) is 3. The van der Waals surface area contributed by atoms with Gasteiger partial charge in [0.2, 0.25) is 5.91 Å². The molecule has 0 saturated heterocycles. The summed E-state index contributed by atoms with van der Waals surface area (Å²) in [7, 11) is 1.71. The summed E-state index contributed by atoms with van der Waals surface area (Å²) in [6.07, 6.45) is 1.27. The maximum atomic E-state index is 11.9. The van der Waals surface area contributed by atoms with Crippen LogP contribution in [0.5, 0.6) is 5.75 Å². The van der Waals surface area contributed by atoms with Crippen LogP contribution in [0.1, 0.15) is 19.8 Å². The standard InChI is InChI=1S/C13H20N2O2/c1-10(9-14)6-7-13(17)15(2)11-4-3-5-12(16)8-11/h3-5,8,10,16H,6-7,9,14H2,1-2H3. The lowest BCUT2D eigenvalue weighted by molar-refractivity contribution is -0.118. The van der Waals surface area contributed by atoms with Crippen LogP contribution >= 0.6 is 0 Å². The van der Waals surface area contributed by atoms with Crippen LogP contribution in [0.25, 0.3) is 0 Å². The highest BCUT2D eigenvalue weighted by molar-refractivity contribution is 5.92. The lowest BCUT2D eigenvalue weighted by atomic mass is 10.1. The predicted molar refractivity (Wildman–Crippen MR) is 69.0 cm³/mol. The Morgan fingerprint density at radius 2 is 2.24 bits per heavy atom. The van der Waals surface area contributed by atoms with Gasteiger partial charge < -0.3 is 15.7 Å². The van der Waals surface area contributed by atoms with Gasteiger partial charge in [-0.25, -0.2) is 0 Å². The van der Waals surface area contributed by atoms with Crippen molar-refractivity contribution in [3.63, 3.8) is 0 Å². The Morgan fingerprint density at radius 1 is 1.53 bits per heavy atom. The minimum atomic E-state index is 0.0379. The van der Waals surface area contributed by atoms with E-state index >= 15 is 0 Å². The van der Waals surface area contributed by atoms with E-state index in [1.807, 2.05) is 6.92 Å². The lowest BCUT2D eigenvalue weighted by Gasteiger charge is -2.18. The number of phenols is 1. The van der Waals surface area contributed by atoms with Crippen LogP contribution in [0.4, 0.5) is 5.69 Å². The van der Waals surface area contributed by atoms with Crippen molar-refractivity contribution >= 4 is 11.6 Å². The van der Waals surface area contributed by atoms with Crippen LogP contribution in [0.15, 0.2) is 24.3 Å². The van der Waals surface area contributed by atoms with Gasteiger partial charge in [0.15, 0.2) is 0 Å². The monoisotopic (exact) mass is 236 g/mol. The fourth-order valence-corrected chi connectivity index (χ4v) is 1.50. The third kappa shape index (κ3) is 4.07. The van der Waals surface area contributed by atoms with E-state index in [-0.39, 0.29) is 11.7 Å². The molecule has 0 aliphatic heterocycles. The number of phenolic OH excluding ortho intramolecular Hbond substituents is 1. The molecule has 0 aliphatic carbocycles. The molecule has 0 bridgehead atoms. The van der Waals surface area contributed by atoms with E-state index in [0.29, 0.717) is 24.6 Å². The van der Waals surface area contributed by atoms with Crippen LogP contribution < -0.4 is 10.6 Å². The maximum Gasteiger partial charge on any atom is 0.226 e. The smallest absolute Gasteiger partial charge is 0.226 e. The molecule has 4 nitrogen and oxygen atoms in total. The van der Waals surface area contributed by atoms with Gasteiger partial charge in [0.1, 0.15) is 5.75 Å². The number of benzene rings is 1. The summed E-state index contributed by atoms with van der Waals surface area (Å²) in [6, 6.07) is 6.67. The molecule has 17 heavy (non-hydrogen) atoms. The minimum Gasteiger partial charge on any atom is -0.508 e. The van der Waals surface area contributed by atoms with Gasteiger partial charge in [-0.05, 0) is 31.0 Å². The van der Waals surface area contributed by atoms with Gasteiger partial charge in [0.05, 0.1) is 0 Å². The fraction of sp³-hybridized carbons (Fsp3) is 0.462. The van der Waals surface area contributed by atoms with Crippen molar-refractivity contribution in [2.75, 3.05) is 18.5 Å². The average Bonchev–Trinajstić information content (AvgIpc) is 2.34. The molecule has 1 unspecified atom stereocenters.